The van der Waals surface area contributed by atoms with Gasteiger partial charge >= 0.3 is 0 Å². The largest absolute Gasteiger partial charge is 0.361 e. The fourth-order valence-electron chi connectivity index (χ4n) is 4.08. The Kier molecular flexibility index (Phi) is 4.37. The second-order valence-electron chi connectivity index (χ2n) is 7.19. The van der Waals surface area contributed by atoms with Crippen LogP contribution in [0.15, 0.2) is 57.7 Å². The van der Waals surface area contributed by atoms with Gasteiger partial charge in [0.25, 0.3) is 0 Å². The Hall–Kier alpha value is -2.84. The van der Waals surface area contributed by atoms with Gasteiger partial charge in [0.05, 0.1) is 0 Å². The maximum absolute atomic E-state index is 13.0. The van der Waals surface area contributed by atoms with Crippen LogP contribution in [-0.4, -0.2) is 33.1 Å². The quantitative estimate of drug-likeness (QED) is 0.299. The minimum Gasteiger partial charge on any atom is -0.361 e. The molecule has 0 radical (unpaired) electrons. The van der Waals surface area contributed by atoms with E-state index in [1.807, 2.05) is 12.1 Å². The number of carbonyl (C=O) groups is 4. The summed E-state index contributed by atoms with van der Waals surface area (Å²) in [5, 5.41) is 1.23. The molecule has 1 saturated carbocycles. The van der Waals surface area contributed by atoms with Gasteiger partial charge in [-0.3, -0.25) is 19.2 Å². The average Bonchev–Trinajstić information content (AvgIpc) is 3.31. The zero-order valence-electron chi connectivity index (χ0n) is 15.2. The first-order chi connectivity index (χ1) is 14.4. The predicted octanol–water partition coefficient (Wildman–Crippen LogP) is 4.33. The zero-order valence-corrected chi connectivity index (χ0v) is 18.3. The van der Waals surface area contributed by atoms with Crippen LogP contribution in [0.5, 0.6) is 0 Å². The van der Waals surface area contributed by atoms with Crippen molar-refractivity contribution >= 4 is 76.8 Å². The molecule has 0 amide bonds. The van der Waals surface area contributed by atoms with Crippen LogP contribution in [0.25, 0.3) is 21.8 Å². The van der Waals surface area contributed by atoms with E-state index in [0.29, 0.717) is 32.9 Å². The summed E-state index contributed by atoms with van der Waals surface area (Å²) < 4.78 is 1.51. The van der Waals surface area contributed by atoms with Crippen molar-refractivity contribution in [1.29, 1.82) is 0 Å². The molecule has 0 saturated heterocycles. The molecule has 30 heavy (non-hydrogen) atoms. The number of nitrogens with one attached hydrogen (secondary N) is 2. The summed E-state index contributed by atoms with van der Waals surface area (Å²) in [4.78, 5) is 58.2. The van der Waals surface area contributed by atoms with Crippen molar-refractivity contribution in [2.75, 3.05) is 0 Å². The lowest BCUT2D eigenvalue weighted by atomic mass is 9.72. The number of fused-ring (bicyclic) bond motifs is 2. The van der Waals surface area contributed by atoms with E-state index in [9.17, 15) is 19.2 Å². The standard InChI is InChI=1S/C22H12Br2N2O4/c23-9-1-3-15-11(5-9)13(7-25-15)17-19(27)21(29)18(22(30)20(17)28)14-8-26-16-4-2-10(24)6-12(14)16/h1-8,17-18,25-26H. The summed E-state index contributed by atoms with van der Waals surface area (Å²) in [7, 11) is 0. The lowest BCUT2D eigenvalue weighted by molar-refractivity contribution is -0.150. The number of aromatic nitrogens is 2. The van der Waals surface area contributed by atoms with Crippen molar-refractivity contribution in [3.8, 4) is 0 Å². The van der Waals surface area contributed by atoms with Gasteiger partial charge in [-0.05, 0) is 47.5 Å². The minimum absolute atomic E-state index is 0.336. The Morgan fingerprint density at radius 3 is 1.33 bits per heavy atom. The molecule has 148 valence electrons. The number of halogens is 2. The summed E-state index contributed by atoms with van der Waals surface area (Å²) >= 11 is 6.74. The Balaban J connectivity index is 1.62. The highest BCUT2D eigenvalue weighted by molar-refractivity contribution is 9.10. The van der Waals surface area contributed by atoms with Crippen LogP contribution < -0.4 is 0 Å². The molecule has 2 aromatic heterocycles. The first-order valence-electron chi connectivity index (χ1n) is 9.06. The summed E-state index contributed by atoms with van der Waals surface area (Å²) in [6, 6.07) is 10.7. The van der Waals surface area contributed by atoms with Crippen molar-refractivity contribution in [3.05, 3.63) is 68.9 Å². The van der Waals surface area contributed by atoms with Crippen LogP contribution in [-0.2, 0) is 19.2 Å². The predicted molar refractivity (Wildman–Crippen MR) is 118 cm³/mol. The summed E-state index contributed by atoms with van der Waals surface area (Å²) in [5.41, 5.74) is 2.08. The minimum atomic E-state index is -1.43. The maximum Gasteiger partial charge on any atom is 0.214 e. The second kappa shape index (κ2) is 6.85. The lowest BCUT2D eigenvalue weighted by Gasteiger charge is -2.23. The van der Waals surface area contributed by atoms with Gasteiger partial charge in [-0.15, -0.1) is 0 Å². The molecular formula is C22H12Br2N2O4. The van der Waals surface area contributed by atoms with Crippen molar-refractivity contribution in [3.63, 3.8) is 0 Å². The maximum atomic E-state index is 13.0. The molecule has 0 unspecified atom stereocenters. The Morgan fingerprint density at radius 2 is 0.967 bits per heavy atom. The van der Waals surface area contributed by atoms with E-state index in [1.54, 1.807) is 24.3 Å². The average molecular weight is 528 g/mol. The van der Waals surface area contributed by atoms with Crippen LogP contribution in [0.3, 0.4) is 0 Å². The van der Waals surface area contributed by atoms with Gasteiger partial charge in [0.2, 0.25) is 23.1 Å². The van der Waals surface area contributed by atoms with Crippen LogP contribution in [0.1, 0.15) is 23.0 Å². The molecule has 1 fully saturated rings. The Morgan fingerprint density at radius 1 is 0.600 bits per heavy atom. The normalized spacial score (nSPS) is 19.9. The zero-order chi connectivity index (χ0) is 21.2. The smallest absolute Gasteiger partial charge is 0.214 e. The molecule has 2 aromatic carbocycles. The number of ketones is 4. The molecule has 5 rings (SSSR count). The van der Waals surface area contributed by atoms with E-state index in [1.165, 1.54) is 12.4 Å². The summed E-state index contributed by atoms with van der Waals surface area (Å²) in [5.74, 6) is -6.32. The van der Waals surface area contributed by atoms with E-state index in [-0.39, 0.29) is 0 Å². The summed E-state index contributed by atoms with van der Waals surface area (Å²) in [6.45, 7) is 0. The van der Waals surface area contributed by atoms with E-state index in [2.05, 4.69) is 41.8 Å². The molecule has 2 N–H and O–H groups in total. The van der Waals surface area contributed by atoms with Gasteiger partial charge in [0, 0.05) is 43.1 Å². The highest BCUT2D eigenvalue weighted by Gasteiger charge is 2.51. The SMILES string of the molecule is O=C1C(=O)C(c2c[nH]c3ccc(Br)cc23)C(=O)C(=O)C1c1c[nH]c2ccc(Br)cc12. The molecule has 0 atom stereocenters. The van der Waals surface area contributed by atoms with Crippen molar-refractivity contribution in [2.24, 2.45) is 0 Å². The molecule has 0 aliphatic heterocycles. The van der Waals surface area contributed by atoms with E-state index in [0.717, 1.165) is 8.95 Å². The van der Waals surface area contributed by atoms with Crippen molar-refractivity contribution in [1.82, 2.24) is 9.97 Å². The Labute approximate surface area is 186 Å². The highest BCUT2D eigenvalue weighted by atomic mass is 79.9. The van der Waals surface area contributed by atoms with Crippen molar-refractivity contribution < 1.29 is 19.2 Å². The van der Waals surface area contributed by atoms with Crippen LogP contribution in [0, 0.1) is 0 Å². The second-order valence-corrected chi connectivity index (χ2v) is 9.02. The summed E-state index contributed by atoms with van der Waals surface area (Å²) in [6.07, 6.45) is 3.03. The number of rotatable bonds is 2. The van der Waals surface area contributed by atoms with Crippen molar-refractivity contribution in [2.45, 2.75) is 11.8 Å². The van der Waals surface area contributed by atoms with Gasteiger partial charge in [-0.2, -0.15) is 0 Å². The van der Waals surface area contributed by atoms with Gasteiger partial charge in [-0.1, -0.05) is 31.9 Å². The Bertz CT molecular complexity index is 1280. The third-order valence-electron chi connectivity index (χ3n) is 5.51. The third kappa shape index (κ3) is 2.74. The number of aromatic amines is 2. The fourth-order valence-corrected chi connectivity index (χ4v) is 4.80. The number of benzene rings is 2. The molecule has 4 aromatic rings. The molecule has 6 nitrogen and oxygen atoms in total. The van der Waals surface area contributed by atoms with Gasteiger partial charge in [0.1, 0.15) is 11.8 Å². The van der Waals surface area contributed by atoms with Gasteiger partial charge in [-0.25, -0.2) is 0 Å². The monoisotopic (exact) mass is 526 g/mol. The topological polar surface area (TPSA) is 99.9 Å². The lowest BCUT2D eigenvalue weighted by Crippen LogP contribution is -2.46. The number of hydrogen-bond donors (Lipinski definition) is 2. The molecule has 0 spiro atoms. The number of H-pyrrole nitrogens is 2. The first-order valence-corrected chi connectivity index (χ1v) is 10.6. The van der Waals surface area contributed by atoms with E-state index in [4.69, 9.17) is 0 Å². The number of Topliss-reactive ketones (excluding diaryl/α,β-unsaturated/α-hetero) is 4. The molecule has 1 aliphatic rings. The molecule has 8 heteroatoms. The van der Waals surface area contributed by atoms with Crippen LogP contribution in [0.2, 0.25) is 0 Å². The van der Waals surface area contributed by atoms with E-state index >= 15 is 0 Å². The van der Waals surface area contributed by atoms with Gasteiger partial charge in [0.15, 0.2) is 0 Å². The van der Waals surface area contributed by atoms with Gasteiger partial charge < -0.3 is 9.97 Å². The first kappa shape index (κ1) is 19.1. The van der Waals surface area contributed by atoms with Crippen LogP contribution in [0.4, 0.5) is 0 Å². The molecule has 0 bridgehead atoms. The van der Waals surface area contributed by atoms with Crippen LogP contribution >= 0.6 is 31.9 Å². The number of carbonyl (C=O) groups excluding carboxylic acids is 4. The van der Waals surface area contributed by atoms with E-state index < -0.39 is 35.0 Å². The molecular weight excluding hydrogens is 516 g/mol. The molecule has 2 heterocycles. The third-order valence-corrected chi connectivity index (χ3v) is 6.49. The fraction of sp³-hybridized carbons (Fsp3) is 0.0909. The highest BCUT2D eigenvalue weighted by Crippen LogP contribution is 2.38. The number of hydrogen-bond acceptors (Lipinski definition) is 4. The molecule has 1 aliphatic carbocycles.